The van der Waals surface area contributed by atoms with Crippen molar-refractivity contribution in [2.75, 3.05) is 19.7 Å². The molecule has 1 aliphatic carbocycles. The van der Waals surface area contributed by atoms with Gasteiger partial charge in [-0.2, -0.15) is 0 Å². The standard InChI is InChI=1S/C36H62N4O12/c1-19(2)7-5-8-20(3)9-6-10-21(4)11-13-39-14-12-24(42)35(48)40-23-15-22(38)33(51-28-16-25(43)30(45)26(17-37)49-28)34(29(23)44)52-36-32(47)31(46)27(18-41)50-36/h7,9,11,13,22-34,36,41-47H,5-6,8,10,12,14-18,37-38H2,1-4H3,(H,40,48)/b20-9+,21-11+,39-13+. The minimum atomic E-state index is -1.61. The Kier molecular flexibility index (Phi) is 18.4. The number of nitrogens with two attached hydrogens (primary N) is 2. The molecule has 0 aromatic heterocycles. The van der Waals surface area contributed by atoms with Crippen LogP contribution in [0, 0.1) is 0 Å². The van der Waals surface area contributed by atoms with Crippen LogP contribution >= 0.6 is 0 Å². The van der Waals surface area contributed by atoms with Gasteiger partial charge in [-0.1, -0.05) is 28.9 Å². The molecule has 0 aromatic carbocycles. The topological polar surface area (TPSA) is 272 Å². The van der Waals surface area contributed by atoms with Gasteiger partial charge in [-0.05, 0) is 65.9 Å². The van der Waals surface area contributed by atoms with Gasteiger partial charge in [-0.25, -0.2) is 0 Å². The van der Waals surface area contributed by atoms with E-state index in [-0.39, 0.29) is 32.4 Å². The van der Waals surface area contributed by atoms with Crippen LogP contribution in [0.4, 0.5) is 0 Å². The average Bonchev–Trinajstić information content (AvgIpc) is 3.37. The molecule has 2 aliphatic heterocycles. The van der Waals surface area contributed by atoms with Crippen LogP contribution in [0.3, 0.4) is 0 Å². The van der Waals surface area contributed by atoms with Crippen LogP contribution in [0.25, 0.3) is 0 Å². The summed E-state index contributed by atoms with van der Waals surface area (Å²) < 4.78 is 23.1. The maximum Gasteiger partial charge on any atom is 0.249 e. The lowest BCUT2D eigenvalue weighted by atomic mass is 9.83. The highest BCUT2D eigenvalue weighted by Gasteiger charge is 2.52. The van der Waals surface area contributed by atoms with Crippen LogP contribution in [0.15, 0.2) is 39.9 Å². The lowest BCUT2D eigenvalue weighted by molar-refractivity contribution is -0.302. The summed E-state index contributed by atoms with van der Waals surface area (Å²) in [5.41, 5.74) is 16.0. The van der Waals surface area contributed by atoms with Crippen molar-refractivity contribution in [3.63, 3.8) is 0 Å². The van der Waals surface area contributed by atoms with E-state index in [9.17, 15) is 40.5 Å². The molecule has 14 atom stereocenters. The van der Waals surface area contributed by atoms with Crippen LogP contribution in [0.1, 0.15) is 72.6 Å². The molecule has 16 heteroatoms. The Hall–Kier alpha value is -2.16. The molecule has 3 aliphatic rings. The van der Waals surface area contributed by atoms with Crippen molar-refractivity contribution in [1.82, 2.24) is 5.32 Å². The molecule has 52 heavy (non-hydrogen) atoms. The van der Waals surface area contributed by atoms with Crippen molar-refractivity contribution in [3.05, 3.63) is 34.9 Å². The predicted octanol–water partition coefficient (Wildman–Crippen LogP) is -1.19. The summed E-state index contributed by atoms with van der Waals surface area (Å²) in [4.78, 5) is 17.3. The van der Waals surface area contributed by atoms with Crippen LogP contribution in [0.2, 0.25) is 0 Å². The molecular formula is C36H62N4O12. The lowest BCUT2D eigenvalue weighted by Gasteiger charge is -2.46. The number of aliphatic imine (C=N–C) groups is 1. The second-order valence-corrected chi connectivity index (χ2v) is 14.3. The fourth-order valence-corrected chi connectivity index (χ4v) is 6.40. The van der Waals surface area contributed by atoms with E-state index in [1.54, 1.807) is 6.21 Å². The highest BCUT2D eigenvalue weighted by molar-refractivity contribution is 5.81. The Morgan fingerprint density at radius 3 is 2.25 bits per heavy atom. The van der Waals surface area contributed by atoms with E-state index in [1.807, 2.05) is 13.0 Å². The summed E-state index contributed by atoms with van der Waals surface area (Å²) in [6.07, 6.45) is -4.11. The quantitative estimate of drug-likeness (QED) is 0.0585. The first kappa shape index (κ1) is 44.2. The Bertz CT molecular complexity index is 1230. The van der Waals surface area contributed by atoms with Crippen LogP contribution in [-0.2, 0) is 23.7 Å². The Labute approximate surface area is 306 Å². The van der Waals surface area contributed by atoms with Crippen molar-refractivity contribution < 1.29 is 59.5 Å². The number of hydrogen-bond donors (Lipinski definition) is 10. The number of ether oxygens (including phenoxy) is 4. The van der Waals surface area contributed by atoms with Gasteiger partial charge >= 0.3 is 0 Å². The minimum absolute atomic E-state index is 0.0153. The zero-order valence-corrected chi connectivity index (χ0v) is 30.7. The number of nitrogens with zero attached hydrogens (tertiary/aromatic N) is 1. The second-order valence-electron chi connectivity index (χ2n) is 14.3. The van der Waals surface area contributed by atoms with Crippen molar-refractivity contribution in [3.8, 4) is 0 Å². The molecule has 1 saturated carbocycles. The highest BCUT2D eigenvalue weighted by Crippen LogP contribution is 2.32. The lowest BCUT2D eigenvalue weighted by Crippen LogP contribution is -2.66. The van der Waals surface area contributed by atoms with Gasteiger partial charge in [0.1, 0.15) is 54.9 Å². The number of aliphatic hydroxyl groups is 7. The monoisotopic (exact) mass is 742 g/mol. The summed E-state index contributed by atoms with van der Waals surface area (Å²) >= 11 is 0. The molecule has 0 radical (unpaired) electrons. The smallest absolute Gasteiger partial charge is 0.249 e. The second kappa shape index (κ2) is 21.7. The third-order valence-corrected chi connectivity index (χ3v) is 9.64. The molecule has 1 amide bonds. The summed E-state index contributed by atoms with van der Waals surface area (Å²) in [5.74, 6) is -0.769. The van der Waals surface area contributed by atoms with Gasteiger partial charge in [0.2, 0.25) is 5.91 Å². The molecule has 298 valence electrons. The van der Waals surface area contributed by atoms with E-state index >= 15 is 0 Å². The fourth-order valence-electron chi connectivity index (χ4n) is 6.40. The van der Waals surface area contributed by atoms with Crippen molar-refractivity contribution >= 4 is 12.1 Å². The van der Waals surface area contributed by atoms with Crippen molar-refractivity contribution in [2.45, 2.75) is 158 Å². The third-order valence-electron chi connectivity index (χ3n) is 9.64. The third kappa shape index (κ3) is 13.0. The van der Waals surface area contributed by atoms with Crippen LogP contribution in [-0.4, -0.2) is 153 Å². The molecule has 3 rings (SSSR count). The average molecular weight is 743 g/mol. The number of carbonyl (C=O) groups is 1. The van der Waals surface area contributed by atoms with Gasteiger partial charge in [0, 0.05) is 38.2 Å². The van der Waals surface area contributed by atoms with Gasteiger partial charge in [-0.3, -0.25) is 9.79 Å². The Balaban J connectivity index is 1.58. The summed E-state index contributed by atoms with van der Waals surface area (Å²) in [7, 11) is 0. The normalized spacial score (nSPS) is 36.6. The van der Waals surface area contributed by atoms with E-state index in [0.29, 0.717) is 0 Å². The molecule has 12 N–H and O–H groups in total. The number of rotatable bonds is 18. The van der Waals surface area contributed by atoms with E-state index < -0.39 is 98.2 Å². The largest absolute Gasteiger partial charge is 0.394 e. The zero-order chi connectivity index (χ0) is 38.5. The minimum Gasteiger partial charge on any atom is -0.394 e. The number of amides is 1. The molecule has 0 bridgehead atoms. The maximum atomic E-state index is 13.0. The molecule has 2 heterocycles. The van der Waals surface area contributed by atoms with Gasteiger partial charge in [0.05, 0.1) is 18.8 Å². The summed E-state index contributed by atoms with van der Waals surface area (Å²) in [6.45, 7) is 7.80. The number of carbonyl (C=O) groups excluding carboxylic acids is 1. The van der Waals surface area contributed by atoms with Crippen LogP contribution in [0.5, 0.6) is 0 Å². The van der Waals surface area contributed by atoms with E-state index in [4.69, 9.17) is 30.4 Å². The molecular weight excluding hydrogens is 680 g/mol. The van der Waals surface area contributed by atoms with Gasteiger partial charge < -0.3 is 71.5 Å². The first-order valence-electron chi connectivity index (χ1n) is 18.2. The molecule has 3 fully saturated rings. The first-order valence-corrected chi connectivity index (χ1v) is 18.2. The number of hydrogen-bond acceptors (Lipinski definition) is 15. The SMILES string of the molecule is CC(C)=CCC/C(C)=C/CC/C(C)=C/C=N/CCC(O)C(=O)NC1CC(N)C(OC2CC(O)C(O)C(CN)O2)C(OC2OC(CO)C(O)C2O)C1O. The fraction of sp³-hybridized carbons (Fsp3) is 0.778. The van der Waals surface area contributed by atoms with E-state index in [2.05, 4.69) is 43.2 Å². The van der Waals surface area contributed by atoms with Gasteiger partial charge in [-0.15, -0.1) is 0 Å². The first-order chi connectivity index (χ1) is 24.7. The predicted molar refractivity (Wildman–Crippen MR) is 192 cm³/mol. The number of aliphatic hydroxyl groups excluding tert-OH is 7. The summed E-state index contributed by atoms with van der Waals surface area (Å²) in [5, 5.41) is 75.5. The number of allylic oxidation sites excluding steroid dienone is 6. The number of nitrogens with one attached hydrogen (secondary N) is 1. The molecule has 0 aromatic rings. The maximum absolute atomic E-state index is 13.0. The van der Waals surface area contributed by atoms with Crippen molar-refractivity contribution in [1.29, 1.82) is 0 Å². The van der Waals surface area contributed by atoms with Gasteiger partial charge in [0.25, 0.3) is 0 Å². The Morgan fingerprint density at radius 1 is 0.904 bits per heavy atom. The molecule has 16 nitrogen and oxygen atoms in total. The molecule has 0 spiro atoms. The summed E-state index contributed by atoms with van der Waals surface area (Å²) in [6, 6.07) is -1.98. The molecule has 2 saturated heterocycles. The molecule has 14 unspecified atom stereocenters. The highest BCUT2D eigenvalue weighted by atomic mass is 16.7. The Morgan fingerprint density at radius 2 is 1.60 bits per heavy atom. The zero-order valence-electron chi connectivity index (χ0n) is 30.7. The van der Waals surface area contributed by atoms with Crippen molar-refractivity contribution in [2.24, 2.45) is 16.5 Å². The van der Waals surface area contributed by atoms with Gasteiger partial charge in [0.15, 0.2) is 12.6 Å². The van der Waals surface area contributed by atoms with Crippen LogP contribution < -0.4 is 16.8 Å². The van der Waals surface area contributed by atoms with E-state index in [1.165, 1.54) is 11.1 Å². The van der Waals surface area contributed by atoms with E-state index in [0.717, 1.165) is 31.3 Å².